The van der Waals surface area contributed by atoms with Gasteiger partial charge in [-0.25, -0.2) is 0 Å². The molecule has 1 N–H and O–H groups in total. The second kappa shape index (κ2) is 4.09. The van der Waals surface area contributed by atoms with Crippen LogP contribution in [0.5, 0.6) is 0 Å². The van der Waals surface area contributed by atoms with Gasteiger partial charge in [-0.2, -0.15) is 0 Å². The molecular formula is C4H7ClO2. The lowest BCUT2D eigenvalue weighted by Crippen LogP contribution is -2.03. The topological polar surface area (TPSA) is 37.3 Å². The summed E-state index contributed by atoms with van der Waals surface area (Å²) in [5.74, 6) is 0. The number of aliphatic hydroxyl groups is 1. The van der Waals surface area contributed by atoms with Gasteiger partial charge in [-0.05, 0) is 0 Å². The third-order valence-corrected chi connectivity index (χ3v) is 0.866. The molecule has 0 fully saturated rings. The summed E-state index contributed by atoms with van der Waals surface area (Å²) in [5.41, 5.74) is 0. The minimum atomic E-state index is -0.391. The van der Waals surface area contributed by atoms with Crippen LogP contribution in [-0.2, 0) is 4.79 Å². The van der Waals surface area contributed by atoms with Gasteiger partial charge in [0, 0.05) is 6.42 Å². The van der Waals surface area contributed by atoms with E-state index < -0.39 is 5.38 Å². The second-order valence-electron chi connectivity index (χ2n) is 1.18. The average Bonchev–Trinajstić information content (AvgIpc) is 1.68. The highest BCUT2D eigenvalue weighted by atomic mass is 35.5. The molecule has 0 bridgehead atoms. The zero-order valence-electron chi connectivity index (χ0n) is 3.80. The van der Waals surface area contributed by atoms with Crippen molar-refractivity contribution in [3.63, 3.8) is 0 Å². The van der Waals surface area contributed by atoms with Gasteiger partial charge >= 0.3 is 0 Å². The molecule has 0 spiro atoms. The SMILES string of the molecule is O=CC[C@H](Cl)CO. The molecule has 0 aliphatic heterocycles. The molecule has 0 saturated heterocycles. The molecular weight excluding hydrogens is 115 g/mol. The Kier molecular flexibility index (Phi) is 4.04. The van der Waals surface area contributed by atoms with Crippen molar-refractivity contribution in [2.24, 2.45) is 0 Å². The number of rotatable bonds is 3. The summed E-state index contributed by atoms with van der Waals surface area (Å²) in [4.78, 5) is 9.58. The zero-order chi connectivity index (χ0) is 5.70. The predicted molar refractivity (Wildman–Crippen MR) is 27.4 cm³/mol. The first-order chi connectivity index (χ1) is 3.31. The Balaban J connectivity index is 2.98. The second-order valence-corrected chi connectivity index (χ2v) is 1.80. The van der Waals surface area contributed by atoms with E-state index in [2.05, 4.69) is 0 Å². The van der Waals surface area contributed by atoms with Gasteiger partial charge in [0.25, 0.3) is 0 Å². The smallest absolute Gasteiger partial charge is 0.121 e. The van der Waals surface area contributed by atoms with E-state index in [1.54, 1.807) is 0 Å². The highest BCUT2D eigenvalue weighted by Crippen LogP contribution is 1.95. The number of carbonyl (C=O) groups excluding carboxylic acids is 1. The maximum atomic E-state index is 9.58. The highest BCUT2D eigenvalue weighted by molar-refractivity contribution is 6.21. The number of hydrogen-bond donors (Lipinski definition) is 1. The minimum Gasteiger partial charge on any atom is -0.395 e. The Morgan fingerprint density at radius 2 is 2.43 bits per heavy atom. The molecule has 0 aromatic carbocycles. The van der Waals surface area contributed by atoms with E-state index in [0.717, 1.165) is 0 Å². The molecule has 42 valence electrons. The molecule has 0 radical (unpaired) electrons. The van der Waals surface area contributed by atoms with Crippen molar-refractivity contribution >= 4 is 17.9 Å². The third kappa shape index (κ3) is 3.76. The summed E-state index contributed by atoms with van der Waals surface area (Å²) < 4.78 is 0. The van der Waals surface area contributed by atoms with Crippen LogP contribution < -0.4 is 0 Å². The summed E-state index contributed by atoms with van der Waals surface area (Å²) in [5, 5.41) is 7.78. The Morgan fingerprint density at radius 1 is 1.86 bits per heavy atom. The Bertz CT molecular complexity index is 55.7. The van der Waals surface area contributed by atoms with Crippen molar-refractivity contribution in [1.82, 2.24) is 0 Å². The number of halogens is 1. The third-order valence-electron chi connectivity index (χ3n) is 0.550. The summed E-state index contributed by atoms with van der Waals surface area (Å²) in [6.07, 6.45) is 0.923. The summed E-state index contributed by atoms with van der Waals surface area (Å²) >= 11 is 5.28. The van der Waals surface area contributed by atoms with Crippen LogP contribution in [-0.4, -0.2) is 23.4 Å². The molecule has 0 rings (SSSR count). The van der Waals surface area contributed by atoms with E-state index in [-0.39, 0.29) is 13.0 Å². The van der Waals surface area contributed by atoms with Crippen LogP contribution in [0.3, 0.4) is 0 Å². The van der Waals surface area contributed by atoms with Crippen molar-refractivity contribution in [1.29, 1.82) is 0 Å². The minimum absolute atomic E-state index is 0.125. The van der Waals surface area contributed by atoms with E-state index in [4.69, 9.17) is 16.7 Å². The fourth-order valence-corrected chi connectivity index (χ4v) is 0.252. The quantitative estimate of drug-likeness (QED) is 0.428. The fraction of sp³-hybridized carbons (Fsp3) is 0.750. The van der Waals surface area contributed by atoms with Crippen LogP contribution in [0, 0.1) is 0 Å². The predicted octanol–water partition coefficient (Wildman–Crippen LogP) is 0.175. The molecule has 0 aliphatic rings. The van der Waals surface area contributed by atoms with E-state index in [1.807, 2.05) is 0 Å². The highest BCUT2D eigenvalue weighted by Gasteiger charge is 1.97. The maximum absolute atomic E-state index is 9.58. The van der Waals surface area contributed by atoms with Gasteiger partial charge in [0.1, 0.15) is 6.29 Å². The van der Waals surface area contributed by atoms with Gasteiger partial charge < -0.3 is 9.90 Å². The maximum Gasteiger partial charge on any atom is 0.121 e. The van der Waals surface area contributed by atoms with E-state index in [9.17, 15) is 4.79 Å². The molecule has 0 heterocycles. The van der Waals surface area contributed by atoms with Crippen LogP contribution in [0.4, 0.5) is 0 Å². The standard InChI is InChI=1S/C4H7ClO2/c5-4(3-7)1-2-6/h2,4,7H,1,3H2/t4-/m0/s1. The van der Waals surface area contributed by atoms with Crippen LogP contribution in [0.25, 0.3) is 0 Å². The summed E-state index contributed by atoms with van der Waals surface area (Å²) in [6.45, 7) is -0.125. The largest absolute Gasteiger partial charge is 0.395 e. The first-order valence-corrected chi connectivity index (χ1v) is 2.43. The summed E-state index contributed by atoms with van der Waals surface area (Å²) in [6, 6.07) is 0. The lowest BCUT2D eigenvalue weighted by molar-refractivity contribution is -0.108. The number of alkyl halides is 1. The van der Waals surface area contributed by atoms with E-state index >= 15 is 0 Å². The van der Waals surface area contributed by atoms with Gasteiger partial charge in [0.15, 0.2) is 0 Å². The molecule has 2 nitrogen and oxygen atoms in total. The van der Waals surface area contributed by atoms with Crippen LogP contribution in [0.2, 0.25) is 0 Å². The molecule has 0 aliphatic carbocycles. The number of aliphatic hydroxyl groups excluding tert-OH is 1. The van der Waals surface area contributed by atoms with Crippen LogP contribution in [0.1, 0.15) is 6.42 Å². The Morgan fingerprint density at radius 3 is 2.57 bits per heavy atom. The van der Waals surface area contributed by atoms with Gasteiger partial charge in [-0.15, -0.1) is 11.6 Å². The molecule has 3 heteroatoms. The van der Waals surface area contributed by atoms with Gasteiger partial charge in [-0.1, -0.05) is 0 Å². The van der Waals surface area contributed by atoms with Crippen molar-refractivity contribution in [2.45, 2.75) is 11.8 Å². The first kappa shape index (κ1) is 6.92. The lowest BCUT2D eigenvalue weighted by atomic mass is 10.3. The molecule has 0 amide bonds. The monoisotopic (exact) mass is 122 g/mol. The van der Waals surface area contributed by atoms with Crippen molar-refractivity contribution in [2.75, 3.05) is 6.61 Å². The molecule has 7 heavy (non-hydrogen) atoms. The molecule has 0 saturated carbocycles. The van der Waals surface area contributed by atoms with Crippen LogP contribution >= 0.6 is 11.6 Å². The fourth-order valence-electron chi connectivity index (χ4n) is 0.179. The van der Waals surface area contributed by atoms with Crippen molar-refractivity contribution in [3.05, 3.63) is 0 Å². The van der Waals surface area contributed by atoms with Gasteiger partial charge in [-0.3, -0.25) is 0 Å². The number of hydrogen-bond acceptors (Lipinski definition) is 2. The van der Waals surface area contributed by atoms with Crippen LogP contribution in [0.15, 0.2) is 0 Å². The number of aldehydes is 1. The molecule has 0 aromatic heterocycles. The normalized spacial score (nSPS) is 13.4. The molecule has 0 aromatic rings. The number of carbonyl (C=O) groups is 1. The van der Waals surface area contributed by atoms with Crippen molar-refractivity contribution in [3.8, 4) is 0 Å². The Labute approximate surface area is 47.1 Å². The van der Waals surface area contributed by atoms with Crippen molar-refractivity contribution < 1.29 is 9.90 Å². The van der Waals surface area contributed by atoms with Gasteiger partial charge in [0.05, 0.1) is 12.0 Å². The summed E-state index contributed by atoms with van der Waals surface area (Å²) in [7, 11) is 0. The lowest BCUT2D eigenvalue weighted by Gasteiger charge is -1.94. The first-order valence-electron chi connectivity index (χ1n) is 1.99. The molecule has 1 atom stereocenters. The van der Waals surface area contributed by atoms with Gasteiger partial charge in [0.2, 0.25) is 0 Å². The van der Waals surface area contributed by atoms with E-state index in [0.29, 0.717) is 6.29 Å². The zero-order valence-corrected chi connectivity index (χ0v) is 4.56. The van der Waals surface area contributed by atoms with E-state index in [1.165, 1.54) is 0 Å². The molecule has 0 unspecified atom stereocenters. The Hall–Kier alpha value is -0.0800. The average molecular weight is 123 g/mol.